The van der Waals surface area contributed by atoms with Gasteiger partial charge in [0, 0.05) is 39.6 Å². The van der Waals surface area contributed by atoms with E-state index in [1.165, 1.54) is 25.7 Å². The van der Waals surface area contributed by atoms with Crippen LogP contribution in [0.4, 0.5) is 0 Å². The SMILES string of the molecule is CCCN(CCCOC)CCC1COC2(CCC(C(C)(C)CC)CC2)O1. The summed E-state index contributed by atoms with van der Waals surface area (Å²) in [6, 6.07) is 0. The van der Waals surface area contributed by atoms with Gasteiger partial charge in [-0.2, -0.15) is 0 Å². The van der Waals surface area contributed by atoms with Gasteiger partial charge in [-0.3, -0.25) is 0 Å². The summed E-state index contributed by atoms with van der Waals surface area (Å²) in [5.74, 6) is 0.543. The number of hydrogen-bond donors (Lipinski definition) is 0. The second-order valence-electron chi connectivity index (χ2n) is 9.05. The Kier molecular flexibility index (Phi) is 8.85. The van der Waals surface area contributed by atoms with Crippen molar-refractivity contribution in [3.8, 4) is 0 Å². The van der Waals surface area contributed by atoms with Crippen molar-refractivity contribution in [2.24, 2.45) is 11.3 Å². The van der Waals surface area contributed by atoms with E-state index in [0.717, 1.165) is 64.4 Å². The van der Waals surface area contributed by atoms with Crippen LogP contribution >= 0.6 is 0 Å². The van der Waals surface area contributed by atoms with Gasteiger partial charge in [0.25, 0.3) is 0 Å². The molecule has 0 aromatic heterocycles. The molecule has 0 bridgehead atoms. The fourth-order valence-corrected chi connectivity index (χ4v) is 4.56. The Hall–Kier alpha value is -0.160. The van der Waals surface area contributed by atoms with Crippen molar-refractivity contribution in [3.63, 3.8) is 0 Å². The van der Waals surface area contributed by atoms with Gasteiger partial charge in [-0.1, -0.05) is 34.1 Å². The third-order valence-electron chi connectivity index (χ3n) is 6.81. The molecule has 1 saturated carbocycles. The zero-order valence-electron chi connectivity index (χ0n) is 18.0. The molecule has 0 N–H and O–H groups in total. The third-order valence-corrected chi connectivity index (χ3v) is 6.81. The van der Waals surface area contributed by atoms with Crippen molar-refractivity contribution in [2.75, 3.05) is 40.0 Å². The lowest BCUT2D eigenvalue weighted by atomic mass is 9.68. The molecule has 154 valence electrons. The molecule has 0 aromatic rings. The molecule has 0 radical (unpaired) electrons. The maximum atomic E-state index is 6.47. The van der Waals surface area contributed by atoms with Crippen molar-refractivity contribution in [2.45, 2.75) is 91.0 Å². The molecule has 0 aromatic carbocycles. The zero-order valence-corrected chi connectivity index (χ0v) is 18.0. The number of ether oxygens (including phenoxy) is 3. The monoisotopic (exact) mass is 369 g/mol. The van der Waals surface area contributed by atoms with Crippen LogP contribution in [-0.2, 0) is 14.2 Å². The summed E-state index contributed by atoms with van der Waals surface area (Å²) in [4.78, 5) is 2.55. The van der Waals surface area contributed by atoms with Crippen molar-refractivity contribution in [1.29, 1.82) is 0 Å². The lowest BCUT2D eigenvalue weighted by molar-refractivity contribution is -0.197. The molecule has 4 nitrogen and oxygen atoms in total. The van der Waals surface area contributed by atoms with E-state index in [4.69, 9.17) is 14.2 Å². The van der Waals surface area contributed by atoms with Crippen LogP contribution in [0, 0.1) is 11.3 Å². The summed E-state index contributed by atoms with van der Waals surface area (Å²) in [5, 5.41) is 0. The minimum absolute atomic E-state index is 0.267. The lowest BCUT2D eigenvalue weighted by Gasteiger charge is -2.42. The first kappa shape index (κ1) is 22.1. The summed E-state index contributed by atoms with van der Waals surface area (Å²) in [6.07, 6.45) is 9.55. The average molecular weight is 370 g/mol. The molecule has 1 saturated heterocycles. The molecule has 1 unspecified atom stereocenters. The second kappa shape index (κ2) is 10.4. The summed E-state index contributed by atoms with van der Waals surface area (Å²) in [6.45, 7) is 14.4. The summed E-state index contributed by atoms with van der Waals surface area (Å²) in [5.41, 5.74) is 0.447. The molecule has 2 fully saturated rings. The molecule has 1 spiro atoms. The molecule has 26 heavy (non-hydrogen) atoms. The van der Waals surface area contributed by atoms with Crippen molar-refractivity contribution in [1.82, 2.24) is 4.90 Å². The van der Waals surface area contributed by atoms with E-state index in [1.54, 1.807) is 7.11 Å². The Morgan fingerprint density at radius 3 is 2.46 bits per heavy atom. The highest BCUT2D eigenvalue weighted by molar-refractivity contribution is 4.89. The summed E-state index contributed by atoms with van der Waals surface area (Å²) < 4.78 is 17.9. The van der Waals surface area contributed by atoms with Gasteiger partial charge in [0.15, 0.2) is 5.79 Å². The van der Waals surface area contributed by atoms with Crippen molar-refractivity contribution >= 4 is 0 Å². The molecular weight excluding hydrogens is 326 g/mol. The van der Waals surface area contributed by atoms with Crippen LogP contribution in [0.25, 0.3) is 0 Å². The molecule has 0 amide bonds. The van der Waals surface area contributed by atoms with Gasteiger partial charge in [-0.05, 0) is 50.0 Å². The smallest absolute Gasteiger partial charge is 0.168 e. The number of hydrogen-bond acceptors (Lipinski definition) is 4. The van der Waals surface area contributed by atoms with Gasteiger partial charge in [-0.15, -0.1) is 0 Å². The Morgan fingerprint density at radius 1 is 1.12 bits per heavy atom. The average Bonchev–Trinajstić information content (AvgIpc) is 3.03. The molecular formula is C22H43NO3. The lowest BCUT2D eigenvalue weighted by Crippen LogP contribution is -2.39. The van der Waals surface area contributed by atoms with Crippen LogP contribution in [0.3, 0.4) is 0 Å². The third kappa shape index (κ3) is 6.19. The van der Waals surface area contributed by atoms with E-state index >= 15 is 0 Å². The van der Waals surface area contributed by atoms with Gasteiger partial charge in [0.1, 0.15) is 0 Å². The predicted octanol–water partition coefficient (Wildman–Crippen LogP) is 4.86. The fraction of sp³-hybridized carbons (Fsp3) is 1.00. The largest absolute Gasteiger partial charge is 0.385 e. The highest BCUT2D eigenvalue weighted by Gasteiger charge is 2.46. The molecule has 4 heteroatoms. The standard InChI is InChI=1S/C22H43NO3/c1-6-14-23(15-8-17-24-5)16-11-20-18-25-22(26-20)12-9-19(10-13-22)21(3,4)7-2/h19-20H,6-18H2,1-5H3. The van der Waals surface area contributed by atoms with E-state index in [0.29, 0.717) is 5.41 Å². The summed E-state index contributed by atoms with van der Waals surface area (Å²) in [7, 11) is 1.78. The summed E-state index contributed by atoms with van der Waals surface area (Å²) >= 11 is 0. The van der Waals surface area contributed by atoms with Gasteiger partial charge in [0.05, 0.1) is 12.7 Å². The first-order chi connectivity index (χ1) is 12.4. The van der Waals surface area contributed by atoms with Crippen LogP contribution < -0.4 is 0 Å². The van der Waals surface area contributed by atoms with E-state index in [9.17, 15) is 0 Å². The number of nitrogens with zero attached hydrogens (tertiary/aromatic N) is 1. The number of rotatable bonds is 11. The van der Waals surface area contributed by atoms with Crippen molar-refractivity contribution in [3.05, 3.63) is 0 Å². The molecule has 1 atom stereocenters. The van der Waals surface area contributed by atoms with Gasteiger partial charge in [0.2, 0.25) is 0 Å². The fourth-order valence-electron chi connectivity index (χ4n) is 4.56. The maximum absolute atomic E-state index is 6.47. The highest BCUT2D eigenvalue weighted by atomic mass is 16.7. The molecule has 2 rings (SSSR count). The minimum atomic E-state index is -0.267. The molecule has 1 aliphatic carbocycles. The van der Waals surface area contributed by atoms with E-state index < -0.39 is 0 Å². The molecule has 2 aliphatic rings. The quantitative estimate of drug-likeness (QED) is 0.487. The normalized spacial score (nSPS) is 29.8. The van der Waals surface area contributed by atoms with Crippen LogP contribution in [0.5, 0.6) is 0 Å². The first-order valence-corrected chi connectivity index (χ1v) is 11.0. The maximum Gasteiger partial charge on any atom is 0.168 e. The molecule has 1 aliphatic heterocycles. The zero-order chi connectivity index (χ0) is 19.0. The topological polar surface area (TPSA) is 30.9 Å². The predicted molar refractivity (Wildman–Crippen MR) is 107 cm³/mol. The van der Waals surface area contributed by atoms with Crippen molar-refractivity contribution < 1.29 is 14.2 Å². The van der Waals surface area contributed by atoms with Crippen LogP contribution in [0.1, 0.15) is 79.1 Å². The van der Waals surface area contributed by atoms with Crippen LogP contribution in [0.2, 0.25) is 0 Å². The van der Waals surface area contributed by atoms with E-state index in [2.05, 4.69) is 32.6 Å². The minimum Gasteiger partial charge on any atom is -0.385 e. The van der Waals surface area contributed by atoms with Gasteiger partial charge >= 0.3 is 0 Å². The van der Waals surface area contributed by atoms with E-state index in [1.807, 2.05) is 0 Å². The number of methoxy groups -OCH3 is 1. The Morgan fingerprint density at radius 2 is 1.85 bits per heavy atom. The highest BCUT2D eigenvalue weighted by Crippen LogP contribution is 2.47. The Balaban J connectivity index is 1.74. The van der Waals surface area contributed by atoms with Gasteiger partial charge in [-0.25, -0.2) is 0 Å². The second-order valence-corrected chi connectivity index (χ2v) is 9.05. The van der Waals surface area contributed by atoms with Crippen LogP contribution in [0.15, 0.2) is 0 Å². The molecule has 1 heterocycles. The Bertz CT molecular complexity index is 391. The first-order valence-electron chi connectivity index (χ1n) is 11.0. The van der Waals surface area contributed by atoms with Gasteiger partial charge < -0.3 is 19.1 Å². The van der Waals surface area contributed by atoms with Crippen LogP contribution in [-0.4, -0.2) is 56.7 Å². The Labute approximate surface area is 161 Å². The van der Waals surface area contributed by atoms with E-state index in [-0.39, 0.29) is 11.9 Å².